The lowest BCUT2D eigenvalue weighted by Gasteiger charge is -2.16. The molecule has 0 rings (SSSR count). The summed E-state index contributed by atoms with van der Waals surface area (Å²) in [5.41, 5.74) is 0. The van der Waals surface area contributed by atoms with Gasteiger partial charge in [-0.25, -0.2) is 0 Å². The Morgan fingerprint density at radius 1 is 1.19 bits per heavy atom. The summed E-state index contributed by atoms with van der Waals surface area (Å²) < 4.78 is 5.45. The molecule has 2 unspecified atom stereocenters. The molecule has 94 valence electrons. The minimum atomic E-state index is 0.0196. The van der Waals surface area contributed by atoms with Crippen LogP contribution in [0.25, 0.3) is 0 Å². The first kappa shape index (κ1) is 15.3. The van der Waals surface area contributed by atoms with Gasteiger partial charge < -0.3 is 9.53 Å². The third-order valence-electron chi connectivity index (χ3n) is 2.72. The highest BCUT2D eigenvalue weighted by Gasteiger charge is 2.10. The van der Waals surface area contributed by atoms with Crippen molar-refractivity contribution in [2.24, 2.45) is 5.92 Å². The van der Waals surface area contributed by atoms with Crippen LogP contribution in [-0.4, -0.2) is 24.3 Å². The van der Waals surface area contributed by atoms with Crippen LogP contribution in [0.4, 0.5) is 0 Å². The lowest BCUT2D eigenvalue weighted by Crippen LogP contribution is -2.18. The van der Waals surface area contributed by atoms with Crippen molar-refractivity contribution < 1.29 is 14.3 Å². The lowest BCUT2D eigenvalue weighted by molar-refractivity contribution is -0.128. The summed E-state index contributed by atoms with van der Waals surface area (Å²) in [5, 5.41) is 0. The van der Waals surface area contributed by atoms with Crippen molar-refractivity contribution in [1.29, 1.82) is 0 Å². The Bertz CT molecular complexity index is 223. The molecule has 0 aromatic carbocycles. The Kier molecular flexibility index (Phi) is 8.08. The van der Waals surface area contributed by atoms with Crippen LogP contribution in [-0.2, 0) is 14.3 Å². The van der Waals surface area contributed by atoms with E-state index in [1.165, 1.54) is 6.92 Å². The fourth-order valence-electron chi connectivity index (χ4n) is 1.42. The maximum absolute atomic E-state index is 11.3. The van der Waals surface area contributed by atoms with E-state index in [0.717, 1.165) is 12.8 Å². The maximum atomic E-state index is 11.3. The van der Waals surface area contributed by atoms with E-state index in [9.17, 15) is 9.59 Å². The van der Waals surface area contributed by atoms with Crippen molar-refractivity contribution in [2.45, 2.75) is 59.5 Å². The van der Waals surface area contributed by atoms with Crippen molar-refractivity contribution >= 4 is 11.6 Å². The summed E-state index contributed by atoms with van der Waals surface area (Å²) in [4.78, 5) is 22.0. The number of carbonyl (C=O) groups is 2. The van der Waals surface area contributed by atoms with Crippen LogP contribution in [0.2, 0.25) is 0 Å². The van der Waals surface area contributed by atoms with E-state index in [1.807, 2.05) is 6.92 Å². The Morgan fingerprint density at radius 3 is 2.31 bits per heavy atom. The van der Waals surface area contributed by atoms with Crippen molar-refractivity contribution in [3.8, 4) is 0 Å². The van der Waals surface area contributed by atoms with Gasteiger partial charge in [0.25, 0.3) is 0 Å². The molecule has 0 aliphatic rings. The van der Waals surface area contributed by atoms with Crippen molar-refractivity contribution in [3.05, 3.63) is 0 Å². The van der Waals surface area contributed by atoms with E-state index in [1.54, 1.807) is 0 Å². The zero-order valence-electron chi connectivity index (χ0n) is 10.9. The largest absolute Gasteiger partial charge is 0.371 e. The van der Waals surface area contributed by atoms with Gasteiger partial charge >= 0.3 is 0 Å². The second kappa shape index (κ2) is 8.45. The molecule has 0 spiro atoms. The van der Waals surface area contributed by atoms with Gasteiger partial charge in [-0.2, -0.15) is 0 Å². The molecule has 0 saturated carbocycles. The van der Waals surface area contributed by atoms with E-state index in [4.69, 9.17) is 4.74 Å². The number of ether oxygens (including phenoxy) is 1. The summed E-state index contributed by atoms with van der Waals surface area (Å²) in [6.07, 6.45) is 2.88. The Morgan fingerprint density at radius 2 is 1.81 bits per heavy atom. The van der Waals surface area contributed by atoms with Gasteiger partial charge in [0.05, 0.1) is 6.10 Å². The Hall–Kier alpha value is -0.700. The molecule has 0 N–H and O–H groups in total. The summed E-state index contributed by atoms with van der Waals surface area (Å²) in [5.74, 6) is 0.703. The van der Waals surface area contributed by atoms with Crippen LogP contribution in [0.3, 0.4) is 0 Å². The molecule has 0 fully saturated rings. The molecular formula is C13H24O3. The third kappa shape index (κ3) is 8.60. The van der Waals surface area contributed by atoms with Gasteiger partial charge in [0.2, 0.25) is 0 Å². The van der Waals surface area contributed by atoms with Crippen LogP contribution in [0.5, 0.6) is 0 Å². The second-order valence-corrected chi connectivity index (χ2v) is 4.61. The average molecular weight is 228 g/mol. The van der Waals surface area contributed by atoms with E-state index < -0.39 is 0 Å². The minimum Gasteiger partial charge on any atom is -0.371 e. The highest BCUT2D eigenvalue weighted by molar-refractivity contribution is 5.85. The van der Waals surface area contributed by atoms with Crippen LogP contribution in [0.1, 0.15) is 53.4 Å². The molecule has 3 nitrogen and oxygen atoms in total. The monoisotopic (exact) mass is 228 g/mol. The van der Waals surface area contributed by atoms with Crippen LogP contribution < -0.4 is 0 Å². The summed E-state index contributed by atoms with van der Waals surface area (Å²) in [6.45, 7) is 7.96. The molecule has 0 radical (unpaired) electrons. The molecule has 0 amide bonds. The second-order valence-electron chi connectivity index (χ2n) is 4.61. The molecule has 2 atom stereocenters. The van der Waals surface area contributed by atoms with Gasteiger partial charge in [0.15, 0.2) is 5.78 Å². The molecule has 3 heteroatoms. The van der Waals surface area contributed by atoms with Gasteiger partial charge in [-0.05, 0) is 26.2 Å². The molecular weight excluding hydrogens is 204 g/mol. The summed E-state index contributed by atoms with van der Waals surface area (Å²) in [7, 11) is 0. The fourth-order valence-corrected chi connectivity index (χ4v) is 1.42. The van der Waals surface area contributed by atoms with Gasteiger partial charge in [-0.3, -0.25) is 4.79 Å². The quantitative estimate of drug-likeness (QED) is 0.609. The molecule has 0 saturated heterocycles. The molecule has 16 heavy (non-hydrogen) atoms. The highest BCUT2D eigenvalue weighted by Crippen LogP contribution is 2.11. The first-order valence-electron chi connectivity index (χ1n) is 6.08. The fraction of sp³-hybridized carbons (Fsp3) is 0.846. The number of Topliss-reactive ketones (excluding diaryl/α,β-unsaturated/α-hetero) is 2. The van der Waals surface area contributed by atoms with Gasteiger partial charge in [-0.15, -0.1) is 0 Å². The number of rotatable bonds is 9. The average Bonchev–Trinajstić information content (AvgIpc) is 2.23. The first-order chi connectivity index (χ1) is 7.45. The van der Waals surface area contributed by atoms with Gasteiger partial charge in [0, 0.05) is 12.8 Å². The predicted octanol–water partition coefficient (Wildman–Crippen LogP) is 2.77. The number of hydrogen-bond acceptors (Lipinski definition) is 3. The molecule has 0 aliphatic heterocycles. The maximum Gasteiger partial charge on any atom is 0.158 e. The summed E-state index contributed by atoms with van der Waals surface area (Å²) in [6, 6.07) is 0. The Labute approximate surface area is 98.6 Å². The number of carbonyl (C=O) groups excluding carboxylic acids is 2. The smallest absolute Gasteiger partial charge is 0.158 e. The lowest BCUT2D eigenvalue weighted by atomic mass is 10.0. The third-order valence-corrected chi connectivity index (χ3v) is 2.72. The van der Waals surface area contributed by atoms with Crippen LogP contribution >= 0.6 is 0 Å². The molecule has 0 aliphatic carbocycles. The van der Waals surface area contributed by atoms with E-state index in [2.05, 4.69) is 13.8 Å². The molecule has 0 bridgehead atoms. The van der Waals surface area contributed by atoms with E-state index in [-0.39, 0.29) is 24.3 Å². The highest BCUT2D eigenvalue weighted by atomic mass is 16.5. The minimum absolute atomic E-state index is 0.0196. The number of ketones is 2. The van der Waals surface area contributed by atoms with E-state index >= 15 is 0 Å². The standard InChI is InChI=1S/C13H24O3/c1-5-10(2)8-12(4)16-9-13(15)7-6-11(3)14/h10,12H,5-9H2,1-4H3. The van der Waals surface area contributed by atoms with Crippen LogP contribution in [0.15, 0.2) is 0 Å². The summed E-state index contributed by atoms with van der Waals surface area (Å²) >= 11 is 0. The van der Waals surface area contributed by atoms with Gasteiger partial charge in [-0.1, -0.05) is 20.3 Å². The molecule has 0 heterocycles. The van der Waals surface area contributed by atoms with Crippen molar-refractivity contribution in [3.63, 3.8) is 0 Å². The zero-order valence-corrected chi connectivity index (χ0v) is 10.9. The van der Waals surface area contributed by atoms with Crippen LogP contribution in [0, 0.1) is 5.92 Å². The predicted molar refractivity (Wildman–Crippen MR) is 64.4 cm³/mol. The van der Waals surface area contributed by atoms with E-state index in [0.29, 0.717) is 18.8 Å². The Balaban J connectivity index is 3.62. The molecule has 0 aromatic heterocycles. The van der Waals surface area contributed by atoms with Gasteiger partial charge in [0.1, 0.15) is 12.4 Å². The normalized spacial score (nSPS) is 14.5. The number of hydrogen-bond donors (Lipinski definition) is 0. The first-order valence-corrected chi connectivity index (χ1v) is 6.08. The zero-order chi connectivity index (χ0) is 12.6. The SMILES string of the molecule is CCC(C)CC(C)OCC(=O)CCC(C)=O. The van der Waals surface area contributed by atoms with Crippen molar-refractivity contribution in [1.82, 2.24) is 0 Å². The van der Waals surface area contributed by atoms with Crippen molar-refractivity contribution in [2.75, 3.05) is 6.61 Å². The molecule has 0 aromatic rings. The topological polar surface area (TPSA) is 43.4 Å².